The molecule has 1 fully saturated rings. The highest BCUT2D eigenvalue weighted by Crippen LogP contribution is 2.19. The maximum absolute atomic E-state index is 9.67. The third-order valence-electron chi connectivity index (χ3n) is 3.50. The molecule has 96 valence electrons. The minimum atomic E-state index is -0.183. The second-order valence-corrected chi connectivity index (χ2v) is 5.79. The largest absolute Gasteiger partial charge is 0.393 e. The molecule has 3 nitrogen and oxygen atoms in total. The zero-order valence-corrected chi connectivity index (χ0v) is 11.2. The van der Waals surface area contributed by atoms with E-state index in [2.05, 4.69) is 31.1 Å². The zero-order valence-electron chi connectivity index (χ0n) is 11.2. The predicted molar refractivity (Wildman–Crippen MR) is 68.5 cm³/mol. The third kappa shape index (κ3) is 4.81. The molecule has 2 N–H and O–H groups in total. The van der Waals surface area contributed by atoms with Gasteiger partial charge in [-0.3, -0.25) is 0 Å². The number of nitrogens with zero attached hydrogens (tertiary/aromatic N) is 1. The van der Waals surface area contributed by atoms with E-state index in [9.17, 15) is 5.11 Å². The van der Waals surface area contributed by atoms with Crippen LogP contribution >= 0.6 is 0 Å². The number of aliphatic hydroxyl groups excluding tert-OH is 1. The van der Waals surface area contributed by atoms with Crippen molar-refractivity contribution in [3.8, 4) is 0 Å². The van der Waals surface area contributed by atoms with Crippen LogP contribution in [0.25, 0.3) is 0 Å². The number of aliphatic hydroxyl groups is 1. The van der Waals surface area contributed by atoms with Gasteiger partial charge in [-0.2, -0.15) is 0 Å². The standard InChI is InChI=1S/C13H28N2O/c1-10(2)5-6-14-13-7-12(11(3)16)8-15(4)9-13/h10-14,16H,5-9H2,1-4H3. The van der Waals surface area contributed by atoms with Gasteiger partial charge in [-0.15, -0.1) is 0 Å². The van der Waals surface area contributed by atoms with E-state index >= 15 is 0 Å². The van der Waals surface area contributed by atoms with Gasteiger partial charge in [-0.25, -0.2) is 0 Å². The lowest BCUT2D eigenvalue weighted by Gasteiger charge is -2.37. The quantitative estimate of drug-likeness (QED) is 0.745. The van der Waals surface area contributed by atoms with E-state index < -0.39 is 0 Å². The first kappa shape index (κ1) is 13.9. The van der Waals surface area contributed by atoms with Crippen molar-refractivity contribution in [1.82, 2.24) is 10.2 Å². The first-order chi connectivity index (χ1) is 7.49. The van der Waals surface area contributed by atoms with E-state index in [0.29, 0.717) is 12.0 Å². The van der Waals surface area contributed by atoms with Crippen LogP contribution < -0.4 is 5.32 Å². The van der Waals surface area contributed by atoms with Gasteiger partial charge >= 0.3 is 0 Å². The van der Waals surface area contributed by atoms with Crippen LogP contribution in [0.15, 0.2) is 0 Å². The van der Waals surface area contributed by atoms with Gasteiger partial charge in [0.25, 0.3) is 0 Å². The molecule has 0 aliphatic carbocycles. The highest BCUT2D eigenvalue weighted by atomic mass is 16.3. The first-order valence-corrected chi connectivity index (χ1v) is 6.59. The minimum Gasteiger partial charge on any atom is -0.393 e. The molecule has 3 unspecified atom stereocenters. The lowest BCUT2D eigenvalue weighted by atomic mass is 9.90. The summed E-state index contributed by atoms with van der Waals surface area (Å²) in [4.78, 5) is 2.33. The maximum Gasteiger partial charge on any atom is 0.0553 e. The fourth-order valence-corrected chi connectivity index (χ4v) is 2.44. The van der Waals surface area contributed by atoms with E-state index in [1.807, 2.05) is 6.92 Å². The highest BCUT2D eigenvalue weighted by molar-refractivity contribution is 4.84. The van der Waals surface area contributed by atoms with E-state index in [-0.39, 0.29) is 6.10 Å². The Labute approximate surface area is 100 Å². The topological polar surface area (TPSA) is 35.5 Å². The number of piperidine rings is 1. The van der Waals surface area contributed by atoms with Crippen LogP contribution in [0.3, 0.4) is 0 Å². The highest BCUT2D eigenvalue weighted by Gasteiger charge is 2.27. The number of rotatable bonds is 5. The predicted octanol–water partition coefficient (Wildman–Crippen LogP) is 1.32. The Balaban J connectivity index is 2.30. The van der Waals surface area contributed by atoms with Gasteiger partial charge in [0.2, 0.25) is 0 Å². The molecule has 0 aromatic heterocycles. The number of hydrogen-bond acceptors (Lipinski definition) is 3. The van der Waals surface area contributed by atoms with Crippen molar-refractivity contribution in [2.24, 2.45) is 11.8 Å². The summed E-state index contributed by atoms with van der Waals surface area (Å²) in [5.41, 5.74) is 0. The van der Waals surface area contributed by atoms with Crippen LogP contribution in [-0.2, 0) is 0 Å². The molecule has 0 saturated carbocycles. The molecule has 0 amide bonds. The Bertz CT molecular complexity index is 194. The molecule has 0 bridgehead atoms. The smallest absolute Gasteiger partial charge is 0.0553 e. The summed E-state index contributed by atoms with van der Waals surface area (Å²) in [6.07, 6.45) is 2.16. The average Bonchev–Trinajstić information content (AvgIpc) is 2.16. The average molecular weight is 228 g/mol. The van der Waals surface area contributed by atoms with Crippen LogP contribution in [0.1, 0.15) is 33.6 Å². The van der Waals surface area contributed by atoms with Gasteiger partial charge in [-0.05, 0) is 45.2 Å². The minimum absolute atomic E-state index is 0.183. The molecule has 1 aliphatic heterocycles. The van der Waals surface area contributed by atoms with E-state index in [0.717, 1.165) is 32.0 Å². The Morgan fingerprint density at radius 2 is 2.00 bits per heavy atom. The van der Waals surface area contributed by atoms with Gasteiger partial charge in [0, 0.05) is 19.1 Å². The zero-order chi connectivity index (χ0) is 12.1. The third-order valence-corrected chi connectivity index (χ3v) is 3.50. The van der Waals surface area contributed by atoms with Gasteiger partial charge in [0.1, 0.15) is 0 Å². The van der Waals surface area contributed by atoms with E-state index in [4.69, 9.17) is 0 Å². The van der Waals surface area contributed by atoms with Crippen LogP contribution in [-0.4, -0.2) is 48.8 Å². The van der Waals surface area contributed by atoms with E-state index in [1.54, 1.807) is 0 Å². The Morgan fingerprint density at radius 3 is 2.56 bits per heavy atom. The molecular weight excluding hydrogens is 200 g/mol. The Morgan fingerprint density at radius 1 is 1.31 bits per heavy atom. The molecule has 1 rings (SSSR count). The van der Waals surface area contributed by atoms with Gasteiger partial charge in [-0.1, -0.05) is 13.8 Å². The molecule has 16 heavy (non-hydrogen) atoms. The lowest BCUT2D eigenvalue weighted by Crippen LogP contribution is -2.50. The Hall–Kier alpha value is -0.120. The van der Waals surface area contributed by atoms with Crippen molar-refractivity contribution in [2.45, 2.75) is 45.8 Å². The van der Waals surface area contributed by atoms with Gasteiger partial charge < -0.3 is 15.3 Å². The van der Waals surface area contributed by atoms with Gasteiger partial charge in [0.15, 0.2) is 0 Å². The van der Waals surface area contributed by atoms with Gasteiger partial charge in [0.05, 0.1) is 6.10 Å². The van der Waals surface area contributed by atoms with Crippen LogP contribution in [0.5, 0.6) is 0 Å². The summed E-state index contributed by atoms with van der Waals surface area (Å²) in [6.45, 7) is 9.67. The lowest BCUT2D eigenvalue weighted by molar-refractivity contribution is 0.0582. The number of hydrogen-bond donors (Lipinski definition) is 2. The summed E-state index contributed by atoms with van der Waals surface area (Å²) < 4.78 is 0. The van der Waals surface area contributed by atoms with E-state index in [1.165, 1.54) is 6.42 Å². The van der Waals surface area contributed by atoms with Crippen molar-refractivity contribution >= 4 is 0 Å². The first-order valence-electron chi connectivity index (χ1n) is 6.59. The molecular formula is C13H28N2O. The van der Waals surface area contributed by atoms with Crippen molar-refractivity contribution < 1.29 is 5.11 Å². The fourth-order valence-electron chi connectivity index (χ4n) is 2.44. The monoisotopic (exact) mass is 228 g/mol. The molecule has 0 aromatic carbocycles. The van der Waals surface area contributed by atoms with Crippen LogP contribution in [0.2, 0.25) is 0 Å². The molecule has 0 radical (unpaired) electrons. The van der Waals surface area contributed by atoms with Crippen molar-refractivity contribution in [2.75, 3.05) is 26.7 Å². The maximum atomic E-state index is 9.67. The molecule has 3 heteroatoms. The second-order valence-electron chi connectivity index (χ2n) is 5.79. The fraction of sp³-hybridized carbons (Fsp3) is 1.00. The summed E-state index contributed by atoms with van der Waals surface area (Å²) in [5, 5.41) is 13.3. The normalized spacial score (nSPS) is 29.6. The van der Waals surface area contributed by atoms with Crippen LogP contribution in [0.4, 0.5) is 0 Å². The summed E-state index contributed by atoms with van der Waals surface area (Å²) >= 11 is 0. The van der Waals surface area contributed by atoms with Crippen molar-refractivity contribution in [1.29, 1.82) is 0 Å². The summed E-state index contributed by atoms with van der Waals surface area (Å²) in [5.74, 6) is 1.19. The SMILES string of the molecule is CC(C)CCNC1CC(C(C)O)CN(C)C1. The Kier molecular flexibility index (Phi) is 5.73. The second kappa shape index (κ2) is 6.58. The number of likely N-dealkylation sites (N-methyl/N-ethyl adjacent to an activating group) is 1. The van der Waals surface area contributed by atoms with Crippen LogP contribution in [0, 0.1) is 11.8 Å². The molecule has 0 spiro atoms. The molecule has 1 heterocycles. The molecule has 1 aliphatic rings. The summed E-state index contributed by atoms with van der Waals surface area (Å²) in [6, 6.07) is 0.553. The molecule has 0 aromatic rings. The summed E-state index contributed by atoms with van der Waals surface area (Å²) in [7, 11) is 2.14. The number of nitrogens with one attached hydrogen (secondary N) is 1. The number of likely N-dealkylation sites (tertiary alicyclic amines) is 1. The molecule has 1 saturated heterocycles. The van der Waals surface area contributed by atoms with Crippen molar-refractivity contribution in [3.05, 3.63) is 0 Å². The molecule has 3 atom stereocenters. The van der Waals surface area contributed by atoms with Crippen molar-refractivity contribution in [3.63, 3.8) is 0 Å².